The van der Waals surface area contributed by atoms with Crippen molar-refractivity contribution in [2.24, 2.45) is 0 Å². The molecule has 5 nitrogen and oxygen atoms in total. The van der Waals surface area contributed by atoms with E-state index in [0.717, 1.165) is 88.4 Å². The van der Waals surface area contributed by atoms with Crippen LogP contribution in [0, 0.1) is 6.92 Å². The molecule has 6 heteroatoms. The molecule has 11 rings (SSSR count). The molecule has 50 heavy (non-hydrogen) atoms. The van der Waals surface area contributed by atoms with Crippen molar-refractivity contribution in [2.75, 3.05) is 0 Å². The lowest BCUT2D eigenvalue weighted by atomic mass is 10.0. The van der Waals surface area contributed by atoms with E-state index in [0.29, 0.717) is 5.95 Å². The Hall–Kier alpha value is -6.11. The van der Waals surface area contributed by atoms with Gasteiger partial charge in [0.25, 0.3) is 0 Å². The molecule has 0 unspecified atom stereocenters. The summed E-state index contributed by atoms with van der Waals surface area (Å²) in [6.45, 7) is 4.19. The second kappa shape index (κ2) is 10.2. The normalized spacial score (nSPS) is 13.8. The molecule has 0 bridgehead atoms. The maximum atomic E-state index is 7.11. The highest BCUT2D eigenvalue weighted by molar-refractivity contribution is 8.08. The third-order valence-corrected chi connectivity index (χ3v) is 11.5. The van der Waals surface area contributed by atoms with Crippen LogP contribution in [0.1, 0.15) is 18.2 Å². The summed E-state index contributed by atoms with van der Waals surface area (Å²) in [6, 6.07) is 45.1. The summed E-state index contributed by atoms with van der Waals surface area (Å²) in [5.41, 5.74) is 11.5. The summed E-state index contributed by atoms with van der Waals surface area (Å²) >= 11 is 1.79. The van der Waals surface area contributed by atoms with Gasteiger partial charge >= 0.3 is 0 Å². The SMILES string of the molecule is C/C=C1/Sc2ccccc2-c2nc(-n3c4ccccc4c4c5oc6c(ccc7c6c6ccccc6n7-c6ccccc6)c5ccc43)nc(C)c21. The number of fused-ring (bicyclic) bond motifs is 14. The Morgan fingerprint density at radius 3 is 1.88 bits per heavy atom. The maximum Gasteiger partial charge on any atom is 0.235 e. The van der Waals surface area contributed by atoms with Gasteiger partial charge in [-0.1, -0.05) is 90.6 Å². The fraction of sp³-hybridized carbons (Fsp3) is 0.0455. The molecule has 0 N–H and O–H groups in total. The summed E-state index contributed by atoms with van der Waals surface area (Å²) in [6.07, 6.45) is 2.17. The monoisotopic (exact) mass is 660 g/mol. The van der Waals surface area contributed by atoms with E-state index in [1.54, 1.807) is 11.8 Å². The van der Waals surface area contributed by atoms with Gasteiger partial charge in [-0.3, -0.25) is 4.57 Å². The van der Waals surface area contributed by atoms with Crippen molar-refractivity contribution >= 4 is 82.2 Å². The Kier molecular flexibility index (Phi) is 5.67. The highest BCUT2D eigenvalue weighted by Crippen LogP contribution is 2.49. The number of furan rings is 1. The molecule has 0 aliphatic carbocycles. The van der Waals surface area contributed by atoms with Gasteiger partial charge in [0.15, 0.2) is 0 Å². The van der Waals surface area contributed by atoms with Gasteiger partial charge in [-0.2, -0.15) is 0 Å². The molecule has 6 aromatic carbocycles. The highest BCUT2D eigenvalue weighted by Gasteiger charge is 2.27. The molecule has 0 atom stereocenters. The largest absolute Gasteiger partial charge is 0.455 e. The van der Waals surface area contributed by atoms with Gasteiger partial charge in [0.2, 0.25) is 5.95 Å². The summed E-state index contributed by atoms with van der Waals surface area (Å²) in [5, 5.41) is 6.68. The fourth-order valence-electron chi connectivity index (χ4n) is 8.14. The number of allylic oxidation sites excluding steroid dienone is 1. The Morgan fingerprint density at radius 1 is 0.580 bits per heavy atom. The number of para-hydroxylation sites is 3. The van der Waals surface area contributed by atoms with Crippen molar-refractivity contribution in [2.45, 2.75) is 18.7 Å². The van der Waals surface area contributed by atoms with Gasteiger partial charge in [0.05, 0.1) is 44.2 Å². The Labute approximate surface area is 291 Å². The Balaban J connectivity index is 1.23. The van der Waals surface area contributed by atoms with Gasteiger partial charge in [0, 0.05) is 48.2 Å². The molecule has 1 aliphatic heterocycles. The number of hydrogen-bond acceptors (Lipinski definition) is 4. The average Bonchev–Trinajstić information content (AvgIpc) is 3.82. The van der Waals surface area contributed by atoms with E-state index in [1.165, 1.54) is 15.2 Å². The van der Waals surface area contributed by atoms with Crippen molar-refractivity contribution in [3.63, 3.8) is 0 Å². The third kappa shape index (κ3) is 3.63. The van der Waals surface area contributed by atoms with E-state index in [-0.39, 0.29) is 0 Å². The molecule has 0 spiro atoms. The molecule has 0 saturated heterocycles. The summed E-state index contributed by atoms with van der Waals surface area (Å²) in [7, 11) is 0. The smallest absolute Gasteiger partial charge is 0.235 e. The zero-order valence-corrected chi connectivity index (χ0v) is 28.1. The highest BCUT2D eigenvalue weighted by atomic mass is 32.2. The first-order valence-electron chi connectivity index (χ1n) is 16.9. The Morgan fingerprint density at radius 2 is 1.18 bits per heavy atom. The standard InChI is InChI=1S/C44H28N4OS/c1-3-36-38-25(2)45-44(46-41(38)31-17-9-12-20-37(31)50-36)48-33-19-11-8-16-30(33)40-35(48)24-22-28-27-21-23-34-39(42(27)49-43(28)40)29-15-7-10-18-32(29)47(34)26-13-5-4-6-14-26/h3-24H,1-2H3/b36-3+. The molecule has 0 amide bonds. The molecule has 0 radical (unpaired) electrons. The number of nitrogens with zero attached hydrogens (tertiary/aromatic N) is 4. The lowest BCUT2D eigenvalue weighted by Crippen LogP contribution is -2.09. The van der Waals surface area contributed by atoms with Crippen LogP contribution >= 0.6 is 11.8 Å². The number of hydrogen-bond donors (Lipinski definition) is 0. The molecular formula is C44H28N4OS. The first kappa shape index (κ1) is 27.8. The van der Waals surface area contributed by atoms with Crippen LogP contribution in [0.15, 0.2) is 143 Å². The average molecular weight is 661 g/mol. The van der Waals surface area contributed by atoms with E-state index < -0.39 is 0 Å². The second-order valence-electron chi connectivity index (χ2n) is 12.9. The van der Waals surface area contributed by atoms with Crippen LogP contribution < -0.4 is 0 Å². The number of benzene rings is 6. The van der Waals surface area contributed by atoms with Crippen LogP contribution in [0.2, 0.25) is 0 Å². The number of thioether (sulfide) groups is 1. The van der Waals surface area contributed by atoms with Crippen molar-refractivity contribution in [1.82, 2.24) is 19.1 Å². The molecule has 4 aromatic heterocycles. The van der Waals surface area contributed by atoms with E-state index in [1.807, 2.05) is 0 Å². The number of rotatable bonds is 2. The van der Waals surface area contributed by atoms with Crippen LogP contribution in [0.4, 0.5) is 0 Å². The minimum absolute atomic E-state index is 0.661. The second-order valence-corrected chi connectivity index (χ2v) is 14.0. The van der Waals surface area contributed by atoms with E-state index in [2.05, 4.69) is 156 Å². The third-order valence-electron chi connectivity index (χ3n) is 10.2. The molecule has 5 heterocycles. The quantitative estimate of drug-likeness (QED) is 0.185. The number of aryl methyl sites for hydroxylation is 1. The van der Waals surface area contributed by atoms with Crippen molar-refractivity contribution in [3.8, 4) is 22.9 Å². The summed E-state index contributed by atoms with van der Waals surface area (Å²) in [4.78, 5) is 12.9. The molecule has 1 aliphatic rings. The Bertz CT molecular complexity index is 3090. The first-order chi connectivity index (χ1) is 24.7. The lowest BCUT2D eigenvalue weighted by Gasteiger charge is -2.23. The van der Waals surface area contributed by atoms with Gasteiger partial charge in [-0.05, 0) is 68.4 Å². The van der Waals surface area contributed by atoms with Crippen LogP contribution in [0.3, 0.4) is 0 Å². The fourth-order valence-corrected chi connectivity index (χ4v) is 9.26. The zero-order valence-electron chi connectivity index (χ0n) is 27.3. The molecule has 0 saturated carbocycles. The van der Waals surface area contributed by atoms with Gasteiger partial charge in [-0.25, -0.2) is 9.97 Å². The molecular weight excluding hydrogens is 633 g/mol. The zero-order chi connectivity index (χ0) is 33.1. The van der Waals surface area contributed by atoms with Crippen LogP contribution in [-0.2, 0) is 0 Å². The number of aromatic nitrogens is 4. The van der Waals surface area contributed by atoms with E-state index in [9.17, 15) is 0 Å². The van der Waals surface area contributed by atoms with Gasteiger partial charge in [-0.15, -0.1) is 0 Å². The predicted octanol–water partition coefficient (Wildman–Crippen LogP) is 12.0. The van der Waals surface area contributed by atoms with Gasteiger partial charge in [0.1, 0.15) is 11.2 Å². The first-order valence-corrected chi connectivity index (χ1v) is 17.7. The van der Waals surface area contributed by atoms with Crippen LogP contribution in [0.5, 0.6) is 0 Å². The van der Waals surface area contributed by atoms with Gasteiger partial charge < -0.3 is 8.98 Å². The molecule has 236 valence electrons. The van der Waals surface area contributed by atoms with Crippen LogP contribution in [-0.4, -0.2) is 19.1 Å². The predicted molar refractivity (Wildman–Crippen MR) is 208 cm³/mol. The van der Waals surface area contributed by atoms with E-state index in [4.69, 9.17) is 14.4 Å². The van der Waals surface area contributed by atoms with Crippen molar-refractivity contribution < 1.29 is 4.42 Å². The topological polar surface area (TPSA) is 48.8 Å². The minimum Gasteiger partial charge on any atom is -0.455 e. The summed E-state index contributed by atoms with van der Waals surface area (Å²) in [5.74, 6) is 0.661. The molecule has 0 fully saturated rings. The van der Waals surface area contributed by atoms with Crippen molar-refractivity contribution in [1.29, 1.82) is 0 Å². The van der Waals surface area contributed by atoms with E-state index >= 15 is 0 Å². The lowest BCUT2D eigenvalue weighted by molar-refractivity contribution is 0.677. The van der Waals surface area contributed by atoms with Crippen molar-refractivity contribution in [3.05, 3.63) is 145 Å². The molecule has 10 aromatic rings. The summed E-state index contributed by atoms with van der Waals surface area (Å²) < 4.78 is 11.7. The van der Waals surface area contributed by atoms with Crippen LogP contribution in [0.25, 0.3) is 93.3 Å². The minimum atomic E-state index is 0.661. The maximum absolute atomic E-state index is 7.11.